The van der Waals surface area contributed by atoms with E-state index in [-0.39, 0.29) is 5.91 Å². The number of pyridine rings is 1. The smallest absolute Gasteiger partial charge is 0.252 e. The molecule has 132 valence electrons. The molecular formula is C22H22N2O2. The van der Waals surface area contributed by atoms with Crippen LogP contribution in [0.5, 0.6) is 5.75 Å². The van der Waals surface area contributed by atoms with Crippen molar-refractivity contribution in [2.45, 2.75) is 13.8 Å². The lowest BCUT2D eigenvalue weighted by molar-refractivity contribution is 0.0958. The molecule has 0 bridgehead atoms. The molecule has 26 heavy (non-hydrogen) atoms. The number of ether oxygens (including phenoxy) is 1. The lowest BCUT2D eigenvalue weighted by atomic mass is 10.0. The number of aromatic nitrogens is 1. The van der Waals surface area contributed by atoms with Crippen LogP contribution in [0, 0.1) is 0 Å². The van der Waals surface area contributed by atoms with E-state index < -0.39 is 0 Å². The van der Waals surface area contributed by atoms with Gasteiger partial charge in [-0.2, -0.15) is 0 Å². The lowest BCUT2D eigenvalue weighted by Crippen LogP contribution is -2.25. The third kappa shape index (κ3) is 3.91. The van der Waals surface area contributed by atoms with Crippen molar-refractivity contribution in [1.82, 2.24) is 10.3 Å². The Labute approximate surface area is 153 Å². The number of fused-ring (bicyclic) bond motifs is 1. The molecule has 0 aliphatic carbocycles. The van der Waals surface area contributed by atoms with Crippen molar-refractivity contribution in [3.8, 4) is 17.0 Å². The highest BCUT2D eigenvalue weighted by atomic mass is 16.5. The van der Waals surface area contributed by atoms with Crippen LogP contribution >= 0.6 is 0 Å². The van der Waals surface area contributed by atoms with Crippen molar-refractivity contribution in [2.75, 3.05) is 13.2 Å². The molecule has 0 aliphatic heterocycles. The molecule has 1 aromatic heterocycles. The van der Waals surface area contributed by atoms with Crippen molar-refractivity contribution in [3.05, 3.63) is 72.3 Å². The summed E-state index contributed by atoms with van der Waals surface area (Å²) in [5, 5.41) is 3.74. The van der Waals surface area contributed by atoms with Crippen LogP contribution in [0.1, 0.15) is 24.2 Å². The first-order valence-corrected chi connectivity index (χ1v) is 8.64. The van der Waals surface area contributed by atoms with E-state index in [2.05, 4.69) is 11.9 Å². The monoisotopic (exact) mass is 346 g/mol. The Balaban J connectivity index is 2.03. The van der Waals surface area contributed by atoms with E-state index in [1.807, 2.05) is 68.4 Å². The molecule has 1 amide bonds. The number of hydrogen-bond acceptors (Lipinski definition) is 3. The maximum atomic E-state index is 12.7. The van der Waals surface area contributed by atoms with E-state index in [1.54, 1.807) is 0 Å². The van der Waals surface area contributed by atoms with Crippen LogP contribution in [-0.2, 0) is 0 Å². The van der Waals surface area contributed by atoms with Crippen molar-refractivity contribution in [1.29, 1.82) is 0 Å². The minimum Gasteiger partial charge on any atom is -0.494 e. The Hall–Kier alpha value is -3.14. The third-order valence-corrected chi connectivity index (χ3v) is 3.97. The molecule has 0 saturated carbocycles. The Kier molecular flexibility index (Phi) is 5.32. The van der Waals surface area contributed by atoms with Crippen LogP contribution in [-0.4, -0.2) is 24.0 Å². The molecule has 1 N–H and O–H groups in total. The van der Waals surface area contributed by atoms with Gasteiger partial charge in [-0.15, -0.1) is 0 Å². The lowest BCUT2D eigenvalue weighted by Gasteiger charge is -2.11. The SMILES string of the molecule is C=C(C)CNC(=O)c1cc(-c2ccc(OCC)cc2)nc2ccccc12. The summed E-state index contributed by atoms with van der Waals surface area (Å²) in [6, 6.07) is 17.3. The molecule has 2 aromatic carbocycles. The highest BCUT2D eigenvalue weighted by Gasteiger charge is 2.13. The molecule has 1 heterocycles. The fraction of sp³-hybridized carbons (Fsp3) is 0.182. The molecule has 0 atom stereocenters. The van der Waals surface area contributed by atoms with Crippen molar-refractivity contribution >= 4 is 16.8 Å². The number of carbonyl (C=O) groups excluding carboxylic acids is 1. The van der Waals surface area contributed by atoms with Gasteiger partial charge in [0.05, 0.1) is 23.4 Å². The molecule has 3 rings (SSSR count). The first kappa shape index (κ1) is 17.7. The molecule has 0 aliphatic rings. The van der Waals surface area contributed by atoms with E-state index in [0.29, 0.717) is 18.7 Å². The zero-order chi connectivity index (χ0) is 18.5. The summed E-state index contributed by atoms with van der Waals surface area (Å²) in [5.74, 6) is 0.690. The Bertz CT molecular complexity index is 946. The van der Waals surface area contributed by atoms with Crippen LogP contribution in [0.15, 0.2) is 66.7 Å². The largest absolute Gasteiger partial charge is 0.494 e. The zero-order valence-corrected chi connectivity index (χ0v) is 15.1. The van der Waals surface area contributed by atoms with Crippen LogP contribution in [0.25, 0.3) is 22.2 Å². The second-order valence-corrected chi connectivity index (χ2v) is 6.17. The molecule has 0 saturated heterocycles. The van der Waals surface area contributed by atoms with Crippen LogP contribution in [0.4, 0.5) is 0 Å². The molecule has 0 fully saturated rings. The van der Waals surface area contributed by atoms with E-state index in [0.717, 1.165) is 33.5 Å². The normalized spacial score (nSPS) is 10.5. The first-order chi connectivity index (χ1) is 12.6. The van der Waals surface area contributed by atoms with E-state index in [4.69, 9.17) is 9.72 Å². The number of hydrogen-bond donors (Lipinski definition) is 1. The van der Waals surface area contributed by atoms with Gasteiger partial charge in [0, 0.05) is 17.5 Å². The fourth-order valence-electron chi connectivity index (χ4n) is 2.73. The van der Waals surface area contributed by atoms with E-state index in [9.17, 15) is 4.79 Å². The number of benzene rings is 2. The summed E-state index contributed by atoms with van der Waals surface area (Å²) in [5.41, 5.74) is 4.00. The maximum absolute atomic E-state index is 12.7. The van der Waals surface area contributed by atoms with Gasteiger partial charge in [-0.25, -0.2) is 4.98 Å². The summed E-state index contributed by atoms with van der Waals surface area (Å²) in [6.07, 6.45) is 0. The van der Waals surface area contributed by atoms with Gasteiger partial charge in [0.2, 0.25) is 0 Å². The Morgan fingerprint density at radius 3 is 2.58 bits per heavy atom. The average molecular weight is 346 g/mol. The van der Waals surface area contributed by atoms with Crippen LogP contribution in [0.2, 0.25) is 0 Å². The first-order valence-electron chi connectivity index (χ1n) is 8.64. The summed E-state index contributed by atoms with van der Waals surface area (Å²) in [4.78, 5) is 17.4. The summed E-state index contributed by atoms with van der Waals surface area (Å²) in [7, 11) is 0. The summed E-state index contributed by atoms with van der Waals surface area (Å²) < 4.78 is 5.49. The second-order valence-electron chi connectivity index (χ2n) is 6.17. The number of carbonyl (C=O) groups is 1. The number of rotatable bonds is 6. The van der Waals surface area contributed by atoms with Gasteiger partial charge >= 0.3 is 0 Å². The maximum Gasteiger partial charge on any atom is 0.252 e. The van der Waals surface area contributed by atoms with E-state index >= 15 is 0 Å². The molecular weight excluding hydrogens is 324 g/mol. The quantitative estimate of drug-likeness (QED) is 0.663. The van der Waals surface area contributed by atoms with Gasteiger partial charge in [0.25, 0.3) is 5.91 Å². The predicted octanol–water partition coefficient (Wildman–Crippen LogP) is 4.61. The van der Waals surface area contributed by atoms with Crippen LogP contribution in [0.3, 0.4) is 0 Å². The number of amides is 1. The number of para-hydroxylation sites is 1. The molecule has 0 spiro atoms. The summed E-state index contributed by atoms with van der Waals surface area (Å²) in [6.45, 7) is 8.75. The van der Waals surface area contributed by atoms with Crippen molar-refractivity contribution < 1.29 is 9.53 Å². The number of nitrogens with zero attached hydrogens (tertiary/aromatic N) is 1. The minimum absolute atomic E-state index is 0.126. The van der Waals surface area contributed by atoms with Crippen molar-refractivity contribution in [2.24, 2.45) is 0 Å². The standard InChI is InChI=1S/C22H22N2O2/c1-4-26-17-11-9-16(10-12-17)21-13-19(22(25)23-14-15(2)3)18-7-5-6-8-20(18)24-21/h5-13H,2,4,14H2,1,3H3,(H,23,25). The van der Waals surface area contributed by atoms with Gasteiger partial charge in [0.15, 0.2) is 0 Å². The minimum atomic E-state index is -0.126. The van der Waals surface area contributed by atoms with Crippen LogP contribution < -0.4 is 10.1 Å². The zero-order valence-electron chi connectivity index (χ0n) is 15.1. The highest BCUT2D eigenvalue weighted by molar-refractivity contribution is 6.07. The van der Waals surface area contributed by atoms with Crippen molar-refractivity contribution in [3.63, 3.8) is 0 Å². The summed E-state index contributed by atoms with van der Waals surface area (Å²) >= 11 is 0. The highest BCUT2D eigenvalue weighted by Crippen LogP contribution is 2.26. The predicted molar refractivity (Wildman–Crippen MR) is 105 cm³/mol. The van der Waals surface area contributed by atoms with E-state index in [1.165, 1.54) is 0 Å². The Morgan fingerprint density at radius 1 is 1.15 bits per heavy atom. The Morgan fingerprint density at radius 2 is 1.88 bits per heavy atom. The molecule has 0 unspecified atom stereocenters. The topological polar surface area (TPSA) is 51.2 Å². The van der Waals surface area contributed by atoms with Gasteiger partial charge in [0.1, 0.15) is 5.75 Å². The molecule has 3 aromatic rings. The molecule has 0 radical (unpaired) electrons. The number of nitrogens with one attached hydrogen (secondary N) is 1. The van der Waals surface area contributed by atoms with Gasteiger partial charge in [-0.05, 0) is 50.2 Å². The average Bonchev–Trinajstić information content (AvgIpc) is 2.66. The third-order valence-electron chi connectivity index (χ3n) is 3.97. The molecule has 4 nitrogen and oxygen atoms in total. The molecule has 4 heteroatoms. The van der Waals surface area contributed by atoms with Gasteiger partial charge < -0.3 is 10.1 Å². The fourth-order valence-corrected chi connectivity index (χ4v) is 2.73. The van der Waals surface area contributed by atoms with Gasteiger partial charge in [-0.1, -0.05) is 30.4 Å². The second kappa shape index (κ2) is 7.83. The van der Waals surface area contributed by atoms with Gasteiger partial charge in [-0.3, -0.25) is 4.79 Å².